The molecule has 1 saturated carbocycles. The van der Waals surface area contributed by atoms with Gasteiger partial charge < -0.3 is 20.6 Å². The van der Waals surface area contributed by atoms with Crippen LogP contribution in [-0.2, 0) is 0 Å². The molecule has 0 radical (unpaired) electrons. The molecule has 1 aliphatic carbocycles. The number of aryl methyl sites for hydroxylation is 1. The monoisotopic (exact) mass is 305 g/mol. The number of aliphatic hydroxyl groups is 1. The smallest absolute Gasteiger partial charge is 0.319 e. The Bertz CT molecular complexity index is 517. The second-order valence-corrected chi connectivity index (χ2v) is 6.33. The minimum absolute atomic E-state index is 0.0703. The normalized spacial score (nSPS) is 21.3. The fourth-order valence-corrected chi connectivity index (χ4v) is 3.19. The molecule has 5 nitrogen and oxygen atoms in total. The number of carbonyl (C=O) groups excluding carboxylic acids is 1. The van der Waals surface area contributed by atoms with Gasteiger partial charge in [0, 0.05) is 44.0 Å². The number of nitrogens with zero attached hydrogens (tertiary/aromatic N) is 1. The minimum Gasteiger partial charge on any atom is -0.396 e. The summed E-state index contributed by atoms with van der Waals surface area (Å²) in [5.41, 5.74) is 3.05. The van der Waals surface area contributed by atoms with Gasteiger partial charge in [0.2, 0.25) is 0 Å². The highest BCUT2D eigenvalue weighted by molar-refractivity contribution is 5.90. The van der Waals surface area contributed by atoms with Crippen LogP contribution in [0.4, 0.5) is 16.2 Å². The van der Waals surface area contributed by atoms with Crippen LogP contribution in [0.3, 0.4) is 0 Å². The molecule has 122 valence electrons. The summed E-state index contributed by atoms with van der Waals surface area (Å²) in [5.74, 6) is 0.178. The maximum Gasteiger partial charge on any atom is 0.319 e. The van der Waals surface area contributed by atoms with E-state index in [4.69, 9.17) is 0 Å². The van der Waals surface area contributed by atoms with Gasteiger partial charge >= 0.3 is 6.03 Å². The number of hydrogen-bond acceptors (Lipinski definition) is 3. The van der Waals surface area contributed by atoms with Crippen molar-refractivity contribution in [2.24, 2.45) is 5.92 Å². The third-order valence-electron chi connectivity index (χ3n) is 4.40. The van der Waals surface area contributed by atoms with Crippen molar-refractivity contribution in [3.63, 3.8) is 0 Å². The SMILES string of the molecule is Cc1cc(NC(=O)NC2CCCCC2CO)ccc1N(C)C. The fraction of sp³-hybridized carbons (Fsp3) is 0.588. The summed E-state index contributed by atoms with van der Waals surface area (Å²) in [4.78, 5) is 14.2. The van der Waals surface area contributed by atoms with Crippen molar-refractivity contribution in [3.8, 4) is 0 Å². The van der Waals surface area contributed by atoms with Crippen molar-refractivity contribution in [2.45, 2.75) is 38.6 Å². The number of hydrogen-bond donors (Lipinski definition) is 3. The molecule has 0 aromatic heterocycles. The van der Waals surface area contributed by atoms with E-state index < -0.39 is 0 Å². The van der Waals surface area contributed by atoms with Crippen LogP contribution in [-0.4, -0.2) is 37.9 Å². The molecule has 2 rings (SSSR count). The number of aliphatic hydroxyl groups excluding tert-OH is 1. The van der Waals surface area contributed by atoms with Gasteiger partial charge in [-0.05, 0) is 43.5 Å². The highest BCUT2D eigenvalue weighted by atomic mass is 16.3. The van der Waals surface area contributed by atoms with Crippen molar-refractivity contribution >= 4 is 17.4 Å². The summed E-state index contributed by atoms with van der Waals surface area (Å²) in [6.45, 7) is 2.17. The predicted octanol–water partition coefficient (Wildman–Crippen LogP) is 2.73. The molecule has 1 aromatic rings. The molecule has 0 heterocycles. The lowest BCUT2D eigenvalue weighted by Gasteiger charge is -2.30. The van der Waals surface area contributed by atoms with Crippen molar-refractivity contribution in [1.82, 2.24) is 5.32 Å². The summed E-state index contributed by atoms with van der Waals surface area (Å²) in [6.07, 6.45) is 4.17. The van der Waals surface area contributed by atoms with Crippen molar-refractivity contribution in [2.75, 3.05) is 30.9 Å². The Labute approximate surface area is 132 Å². The summed E-state index contributed by atoms with van der Waals surface area (Å²) >= 11 is 0. The number of nitrogens with one attached hydrogen (secondary N) is 2. The van der Waals surface area contributed by atoms with Gasteiger partial charge in [-0.2, -0.15) is 0 Å². The zero-order chi connectivity index (χ0) is 16.1. The molecular weight excluding hydrogens is 278 g/mol. The second-order valence-electron chi connectivity index (χ2n) is 6.33. The van der Waals surface area contributed by atoms with E-state index in [0.29, 0.717) is 0 Å². The number of carbonyl (C=O) groups is 1. The average Bonchev–Trinajstić information content (AvgIpc) is 2.47. The number of amides is 2. The molecule has 1 aliphatic rings. The molecule has 0 bridgehead atoms. The van der Waals surface area contributed by atoms with E-state index in [-0.39, 0.29) is 24.6 Å². The second kappa shape index (κ2) is 7.49. The van der Waals surface area contributed by atoms with E-state index >= 15 is 0 Å². The Morgan fingerprint density at radius 3 is 2.68 bits per heavy atom. The Morgan fingerprint density at radius 2 is 2.05 bits per heavy atom. The standard InChI is InChI=1S/C17H27N3O2/c1-12-10-14(8-9-16(12)20(2)3)18-17(22)19-15-7-5-4-6-13(15)11-21/h8-10,13,15,21H,4-7,11H2,1-3H3,(H2,18,19,22). The van der Waals surface area contributed by atoms with Crippen LogP contribution < -0.4 is 15.5 Å². The van der Waals surface area contributed by atoms with Crippen molar-refractivity contribution in [3.05, 3.63) is 23.8 Å². The molecule has 0 spiro atoms. The first-order chi connectivity index (χ1) is 10.5. The Morgan fingerprint density at radius 1 is 1.32 bits per heavy atom. The zero-order valence-corrected chi connectivity index (χ0v) is 13.7. The summed E-state index contributed by atoms with van der Waals surface area (Å²) in [7, 11) is 4.00. The number of rotatable bonds is 4. The van der Waals surface area contributed by atoms with E-state index in [1.165, 1.54) is 0 Å². The molecule has 3 N–H and O–H groups in total. The summed E-state index contributed by atoms with van der Waals surface area (Å²) in [5, 5.41) is 15.3. The first kappa shape index (κ1) is 16.6. The summed E-state index contributed by atoms with van der Waals surface area (Å²) in [6, 6.07) is 5.76. The molecule has 2 amide bonds. The molecular formula is C17H27N3O2. The average molecular weight is 305 g/mol. The van der Waals surface area contributed by atoms with Crippen molar-refractivity contribution in [1.29, 1.82) is 0 Å². The van der Waals surface area contributed by atoms with E-state index in [1.54, 1.807) is 0 Å². The maximum atomic E-state index is 12.2. The van der Waals surface area contributed by atoms with E-state index in [9.17, 15) is 9.90 Å². The zero-order valence-electron chi connectivity index (χ0n) is 13.7. The summed E-state index contributed by atoms with van der Waals surface area (Å²) < 4.78 is 0. The minimum atomic E-state index is -0.192. The van der Waals surface area contributed by atoms with E-state index in [0.717, 1.165) is 42.6 Å². The number of anilines is 2. The van der Waals surface area contributed by atoms with Gasteiger partial charge in [0.25, 0.3) is 0 Å². The highest BCUT2D eigenvalue weighted by Gasteiger charge is 2.25. The lowest BCUT2D eigenvalue weighted by atomic mass is 9.85. The van der Waals surface area contributed by atoms with Crippen LogP contribution in [0.15, 0.2) is 18.2 Å². The molecule has 0 saturated heterocycles. The third kappa shape index (κ3) is 4.13. The fourth-order valence-electron chi connectivity index (χ4n) is 3.19. The first-order valence-electron chi connectivity index (χ1n) is 7.97. The molecule has 2 unspecified atom stereocenters. The third-order valence-corrected chi connectivity index (χ3v) is 4.40. The Kier molecular flexibility index (Phi) is 5.66. The van der Waals surface area contributed by atoms with Gasteiger partial charge in [-0.1, -0.05) is 12.8 Å². The Hall–Kier alpha value is -1.75. The van der Waals surface area contributed by atoms with Gasteiger partial charge in [0.1, 0.15) is 0 Å². The van der Waals surface area contributed by atoms with Gasteiger partial charge in [-0.25, -0.2) is 4.79 Å². The van der Waals surface area contributed by atoms with Crippen LogP contribution >= 0.6 is 0 Å². The molecule has 1 fully saturated rings. The first-order valence-corrected chi connectivity index (χ1v) is 7.97. The molecule has 0 aliphatic heterocycles. The number of urea groups is 1. The van der Waals surface area contributed by atoms with Gasteiger partial charge in [-0.15, -0.1) is 0 Å². The van der Waals surface area contributed by atoms with Gasteiger partial charge in [-0.3, -0.25) is 0 Å². The van der Waals surface area contributed by atoms with Crippen LogP contribution in [0.1, 0.15) is 31.2 Å². The largest absolute Gasteiger partial charge is 0.396 e. The molecule has 2 atom stereocenters. The van der Waals surface area contributed by atoms with Crippen LogP contribution in [0, 0.1) is 12.8 Å². The van der Waals surface area contributed by atoms with Gasteiger partial charge in [0.05, 0.1) is 0 Å². The highest BCUT2D eigenvalue weighted by Crippen LogP contribution is 2.25. The topological polar surface area (TPSA) is 64.6 Å². The molecule has 1 aromatic carbocycles. The lowest BCUT2D eigenvalue weighted by Crippen LogP contribution is -2.45. The van der Waals surface area contributed by atoms with Gasteiger partial charge in [0.15, 0.2) is 0 Å². The number of benzene rings is 1. The van der Waals surface area contributed by atoms with E-state index in [1.807, 2.05) is 44.1 Å². The van der Waals surface area contributed by atoms with E-state index in [2.05, 4.69) is 10.6 Å². The molecule has 22 heavy (non-hydrogen) atoms. The lowest BCUT2D eigenvalue weighted by molar-refractivity contribution is 0.156. The Balaban J connectivity index is 1.95. The maximum absolute atomic E-state index is 12.2. The quantitative estimate of drug-likeness (QED) is 0.801. The van der Waals surface area contributed by atoms with Crippen LogP contribution in [0.25, 0.3) is 0 Å². The predicted molar refractivity (Wildman–Crippen MR) is 90.5 cm³/mol. The van der Waals surface area contributed by atoms with Crippen LogP contribution in [0.2, 0.25) is 0 Å². The van der Waals surface area contributed by atoms with Crippen LogP contribution in [0.5, 0.6) is 0 Å². The molecule has 5 heteroatoms. The van der Waals surface area contributed by atoms with Crippen molar-refractivity contribution < 1.29 is 9.90 Å².